The molecule has 3 heterocycles. The third-order valence-corrected chi connectivity index (χ3v) is 6.34. The number of rotatable bonds is 9. The van der Waals surface area contributed by atoms with Crippen molar-refractivity contribution < 1.29 is 23.9 Å². The molecule has 4 rings (SSSR count). The Bertz CT molecular complexity index is 1150. The molecule has 0 aliphatic carbocycles. The van der Waals surface area contributed by atoms with Crippen LogP contribution in [0.5, 0.6) is 11.5 Å². The molecule has 9 heteroatoms. The molecule has 34 heavy (non-hydrogen) atoms. The number of aromatic hydroxyl groups is 1. The fourth-order valence-electron chi connectivity index (χ4n) is 4.54. The van der Waals surface area contributed by atoms with Gasteiger partial charge in [0.25, 0.3) is 11.7 Å². The van der Waals surface area contributed by atoms with Gasteiger partial charge in [0.15, 0.2) is 17.6 Å². The first kappa shape index (κ1) is 24.0. The summed E-state index contributed by atoms with van der Waals surface area (Å²) in [5.74, 6) is 2.05. The normalized spacial score (nSPS) is 14.4. The number of aryl methyl sites for hydroxylation is 2. The summed E-state index contributed by atoms with van der Waals surface area (Å²) in [5, 5.41) is 12.6. The Morgan fingerprint density at radius 2 is 2.12 bits per heavy atom. The quantitative estimate of drug-likeness (QED) is 0.414. The van der Waals surface area contributed by atoms with Crippen LogP contribution in [0.1, 0.15) is 37.0 Å². The van der Waals surface area contributed by atoms with Crippen LogP contribution < -0.4 is 20.4 Å². The SMILES string of the molecule is CCn1c(CN)[n+](CC2CCOCC2)c2ccc(OCC(=O)NCc3nc(C)ccc3O)cc21. The van der Waals surface area contributed by atoms with Crippen molar-refractivity contribution >= 4 is 16.9 Å². The van der Waals surface area contributed by atoms with Crippen LogP contribution in [-0.2, 0) is 35.7 Å². The van der Waals surface area contributed by atoms with E-state index in [2.05, 4.69) is 26.4 Å². The number of nitrogens with one attached hydrogen (secondary N) is 1. The van der Waals surface area contributed by atoms with Gasteiger partial charge in [0.05, 0.1) is 26.2 Å². The topological polar surface area (TPSA) is 116 Å². The van der Waals surface area contributed by atoms with Crippen molar-refractivity contribution in [3.63, 3.8) is 0 Å². The molecule has 1 aliphatic heterocycles. The molecule has 9 nitrogen and oxygen atoms in total. The maximum atomic E-state index is 12.3. The number of aromatic nitrogens is 3. The van der Waals surface area contributed by atoms with Crippen LogP contribution in [0.25, 0.3) is 11.0 Å². The molecule has 0 unspecified atom stereocenters. The Morgan fingerprint density at radius 1 is 1.32 bits per heavy atom. The summed E-state index contributed by atoms with van der Waals surface area (Å²) < 4.78 is 15.8. The summed E-state index contributed by atoms with van der Waals surface area (Å²) in [6.45, 7) is 7.74. The van der Waals surface area contributed by atoms with Gasteiger partial charge in [-0.1, -0.05) is 0 Å². The lowest BCUT2D eigenvalue weighted by molar-refractivity contribution is -0.687. The van der Waals surface area contributed by atoms with E-state index in [0.717, 1.165) is 61.7 Å². The predicted octanol–water partition coefficient (Wildman–Crippen LogP) is 1.94. The molecule has 1 saturated heterocycles. The maximum absolute atomic E-state index is 12.3. The van der Waals surface area contributed by atoms with Gasteiger partial charge in [0, 0.05) is 30.9 Å². The number of nitrogens with two attached hydrogens (primary N) is 1. The lowest BCUT2D eigenvalue weighted by Gasteiger charge is -2.20. The average Bonchev–Trinajstić information content (AvgIpc) is 3.15. The molecule has 4 N–H and O–H groups in total. The van der Waals surface area contributed by atoms with E-state index < -0.39 is 0 Å². The van der Waals surface area contributed by atoms with E-state index >= 15 is 0 Å². The Labute approximate surface area is 199 Å². The number of imidazole rings is 1. The number of carbonyl (C=O) groups excluding carboxylic acids is 1. The molecule has 0 saturated carbocycles. The second-order valence-electron chi connectivity index (χ2n) is 8.67. The van der Waals surface area contributed by atoms with Crippen LogP contribution in [0.3, 0.4) is 0 Å². The Hall–Kier alpha value is -3.17. The number of hydrogen-bond acceptors (Lipinski definition) is 6. The van der Waals surface area contributed by atoms with Crippen LogP contribution in [0, 0.1) is 12.8 Å². The number of hydrogen-bond donors (Lipinski definition) is 3. The molecular formula is C25H34N5O4+. The monoisotopic (exact) mass is 468 g/mol. The van der Waals surface area contributed by atoms with Crippen LogP contribution in [-0.4, -0.2) is 40.4 Å². The summed E-state index contributed by atoms with van der Waals surface area (Å²) >= 11 is 0. The Balaban J connectivity index is 1.46. The van der Waals surface area contributed by atoms with Crippen LogP contribution in [0.2, 0.25) is 0 Å². The van der Waals surface area contributed by atoms with Gasteiger partial charge in [0.2, 0.25) is 0 Å². The molecule has 182 valence electrons. The molecule has 1 aliphatic rings. The van der Waals surface area contributed by atoms with Gasteiger partial charge < -0.3 is 25.6 Å². The minimum atomic E-state index is -0.286. The number of benzene rings is 1. The van der Waals surface area contributed by atoms with E-state index in [1.165, 1.54) is 0 Å². The molecule has 3 aromatic rings. The Kier molecular flexibility index (Phi) is 7.64. The minimum Gasteiger partial charge on any atom is -0.506 e. The van der Waals surface area contributed by atoms with E-state index in [1.807, 2.05) is 25.1 Å². The minimum absolute atomic E-state index is 0.0577. The number of ether oxygens (including phenoxy) is 2. The highest BCUT2D eigenvalue weighted by Gasteiger charge is 2.27. The van der Waals surface area contributed by atoms with Gasteiger partial charge in [0.1, 0.15) is 17.2 Å². The predicted molar refractivity (Wildman–Crippen MR) is 127 cm³/mol. The highest BCUT2D eigenvalue weighted by atomic mass is 16.5. The lowest BCUT2D eigenvalue weighted by atomic mass is 10.0. The zero-order valence-electron chi connectivity index (χ0n) is 19.9. The highest BCUT2D eigenvalue weighted by molar-refractivity contribution is 5.78. The first-order valence-corrected chi connectivity index (χ1v) is 11.9. The first-order chi connectivity index (χ1) is 16.5. The Morgan fingerprint density at radius 3 is 2.85 bits per heavy atom. The molecule has 1 amide bonds. The first-order valence-electron chi connectivity index (χ1n) is 11.9. The molecule has 2 aromatic heterocycles. The van der Waals surface area contributed by atoms with Crippen LogP contribution in [0.4, 0.5) is 0 Å². The number of carbonyl (C=O) groups is 1. The van der Waals surface area contributed by atoms with Gasteiger partial charge in [-0.25, -0.2) is 9.13 Å². The zero-order chi connectivity index (χ0) is 24.1. The molecule has 0 bridgehead atoms. The summed E-state index contributed by atoms with van der Waals surface area (Å²) in [7, 11) is 0. The molecule has 0 spiro atoms. The third kappa shape index (κ3) is 5.31. The van der Waals surface area contributed by atoms with Crippen molar-refractivity contribution in [1.29, 1.82) is 0 Å². The van der Waals surface area contributed by atoms with Crippen LogP contribution >= 0.6 is 0 Å². The summed E-state index contributed by atoms with van der Waals surface area (Å²) in [6, 6.07) is 9.20. The smallest absolute Gasteiger partial charge is 0.271 e. The molecule has 0 radical (unpaired) electrons. The largest absolute Gasteiger partial charge is 0.506 e. The summed E-state index contributed by atoms with van der Waals surface area (Å²) in [4.78, 5) is 16.6. The van der Waals surface area contributed by atoms with Crippen LogP contribution in [0.15, 0.2) is 30.3 Å². The second-order valence-corrected chi connectivity index (χ2v) is 8.67. The fraction of sp³-hybridized carbons (Fsp3) is 0.480. The number of pyridine rings is 1. The van der Waals surface area contributed by atoms with E-state index in [9.17, 15) is 9.90 Å². The standard InChI is InChI=1S/C25H33N5O4/c1-3-29-22-12-19(34-16-24(32)27-14-20-23(31)7-4-17(2)28-20)5-6-21(22)30(25(29)13-26)15-18-8-10-33-11-9-18/h4-7,12,18H,3,8-11,13-16,26H2,1-2H3,(H-,27,31,32)/p+1. The van der Waals surface area contributed by atoms with Gasteiger partial charge in [-0.05, 0) is 51.0 Å². The van der Waals surface area contributed by atoms with E-state index in [4.69, 9.17) is 15.2 Å². The van der Waals surface area contributed by atoms with Crippen molar-refractivity contribution in [2.75, 3.05) is 19.8 Å². The van der Waals surface area contributed by atoms with E-state index in [0.29, 0.717) is 23.9 Å². The van der Waals surface area contributed by atoms with Crippen molar-refractivity contribution in [3.8, 4) is 11.5 Å². The van der Waals surface area contributed by atoms with Gasteiger partial charge >= 0.3 is 0 Å². The lowest BCUT2D eigenvalue weighted by Crippen LogP contribution is -2.43. The highest BCUT2D eigenvalue weighted by Crippen LogP contribution is 2.23. The molecule has 1 fully saturated rings. The maximum Gasteiger partial charge on any atom is 0.271 e. The van der Waals surface area contributed by atoms with Crippen molar-refractivity contribution in [2.24, 2.45) is 11.7 Å². The number of amides is 1. The van der Waals surface area contributed by atoms with Crippen molar-refractivity contribution in [3.05, 3.63) is 47.5 Å². The van der Waals surface area contributed by atoms with E-state index in [-0.39, 0.29) is 24.8 Å². The number of nitrogens with zero attached hydrogens (tertiary/aromatic N) is 3. The third-order valence-electron chi connectivity index (χ3n) is 6.34. The summed E-state index contributed by atoms with van der Waals surface area (Å²) in [5.41, 5.74) is 9.52. The van der Waals surface area contributed by atoms with Gasteiger partial charge in [-0.2, -0.15) is 0 Å². The molecular weight excluding hydrogens is 434 g/mol. The van der Waals surface area contributed by atoms with Crippen molar-refractivity contribution in [1.82, 2.24) is 14.9 Å². The van der Waals surface area contributed by atoms with Crippen molar-refractivity contribution in [2.45, 2.75) is 52.9 Å². The second kappa shape index (κ2) is 10.8. The summed E-state index contributed by atoms with van der Waals surface area (Å²) in [6.07, 6.45) is 2.12. The molecule has 1 aromatic carbocycles. The number of fused-ring (bicyclic) bond motifs is 1. The fourth-order valence-corrected chi connectivity index (χ4v) is 4.54. The van der Waals surface area contributed by atoms with Gasteiger partial charge in [-0.3, -0.25) is 9.78 Å². The zero-order valence-corrected chi connectivity index (χ0v) is 19.9. The molecule has 0 atom stereocenters. The average molecular weight is 469 g/mol. The van der Waals surface area contributed by atoms with E-state index in [1.54, 1.807) is 12.1 Å². The van der Waals surface area contributed by atoms with Gasteiger partial charge in [-0.15, -0.1) is 0 Å².